The van der Waals surface area contributed by atoms with Gasteiger partial charge in [-0.25, -0.2) is 9.67 Å². The maximum Gasteiger partial charge on any atom is 0.264 e. The molecule has 7 nitrogen and oxygen atoms in total. The molecule has 0 aliphatic heterocycles. The number of anilines is 1. The van der Waals surface area contributed by atoms with Gasteiger partial charge in [-0.2, -0.15) is 5.10 Å². The molecule has 140 valence electrons. The van der Waals surface area contributed by atoms with Crippen LogP contribution in [-0.4, -0.2) is 25.2 Å². The molecule has 0 bridgehead atoms. The summed E-state index contributed by atoms with van der Waals surface area (Å²) in [6.45, 7) is 1.81. The largest absolute Gasteiger partial charge is 0.325 e. The van der Waals surface area contributed by atoms with Crippen molar-refractivity contribution in [2.24, 2.45) is 0 Å². The van der Waals surface area contributed by atoms with Crippen molar-refractivity contribution in [3.05, 3.63) is 82.0 Å². The summed E-state index contributed by atoms with van der Waals surface area (Å²) in [5, 5.41) is 7.97. The normalized spacial score (nSPS) is 10.9. The number of fused-ring (bicyclic) bond motifs is 1. The number of aromatic nitrogens is 4. The average molecular weight is 394 g/mol. The van der Waals surface area contributed by atoms with E-state index in [9.17, 15) is 9.59 Å². The van der Waals surface area contributed by atoms with Gasteiger partial charge in [-0.3, -0.25) is 14.2 Å². The van der Waals surface area contributed by atoms with Gasteiger partial charge in [0.2, 0.25) is 5.91 Å². The summed E-state index contributed by atoms with van der Waals surface area (Å²) in [6, 6.07) is 14.4. The van der Waals surface area contributed by atoms with E-state index in [1.54, 1.807) is 28.9 Å². The highest BCUT2D eigenvalue weighted by molar-refractivity contribution is 6.30. The van der Waals surface area contributed by atoms with Crippen molar-refractivity contribution in [1.82, 2.24) is 19.3 Å². The Morgan fingerprint density at radius 1 is 1.14 bits per heavy atom. The minimum absolute atomic E-state index is 0.153. The maximum atomic E-state index is 12.8. The number of hydrogen-bond acceptors (Lipinski definition) is 4. The molecule has 2 heterocycles. The van der Waals surface area contributed by atoms with Gasteiger partial charge >= 0.3 is 0 Å². The fraction of sp³-hybridized carbons (Fsp3) is 0.100. The van der Waals surface area contributed by atoms with Crippen LogP contribution in [0.1, 0.15) is 5.56 Å². The predicted octanol–water partition coefficient (Wildman–Crippen LogP) is 3.18. The molecule has 8 heteroatoms. The van der Waals surface area contributed by atoms with E-state index < -0.39 is 0 Å². The number of rotatable bonds is 4. The van der Waals surface area contributed by atoms with Crippen LogP contribution in [0.3, 0.4) is 0 Å². The van der Waals surface area contributed by atoms with Gasteiger partial charge in [0.25, 0.3) is 5.56 Å². The van der Waals surface area contributed by atoms with Crippen LogP contribution in [0.4, 0.5) is 5.69 Å². The zero-order chi connectivity index (χ0) is 19.7. The van der Waals surface area contributed by atoms with E-state index in [0.717, 1.165) is 11.3 Å². The van der Waals surface area contributed by atoms with Crippen LogP contribution < -0.4 is 10.9 Å². The van der Waals surface area contributed by atoms with Crippen molar-refractivity contribution < 1.29 is 4.79 Å². The van der Waals surface area contributed by atoms with Crippen LogP contribution in [0.15, 0.2) is 65.8 Å². The molecule has 0 saturated carbocycles. The average Bonchev–Trinajstić information content (AvgIpc) is 3.11. The first-order valence-corrected chi connectivity index (χ1v) is 8.95. The quantitative estimate of drug-likeness (QED) is 0.577. The lowest BCUT2D eigenvalue weighted by Crippen LogP contribution is -2.27. The Kier molecular flexibility index (Phi) is 4.67. The maximum absolute atomic E-state index is 12.8. The van der Waals surface area contributed by atoms with E-state index >= 15 is 0 Å². The molecule has 0 saturated heterocycles. The van der Waals surface area contributed by atoms with Gasteiger partial charge in [-0.15, -0.1) is 0 Å². The predicted molar refractivity (Wildman–Crippen MR) is 108 cm³/mol. The highest BCUT2D eigenvalue weighted by atomic mass is 35.5. The summed E-state index contributed by atoms with van der Waals surface area (Å²) in [5.74, 6) is -0.336. The summed E-state index contributed by atoms with van der Waals surface area (Å²) in [6.07, 6.45) is 2.84. The smallest absolute Gasteiger partial charge is 0.264 e. The standard InChI is InChI=1S/C20H16ClN5O2/c1-13-4-2-3-5-17(13)26-19-16(10-23-26)20(28)25(12-22-19)11-18(27)24-15-8-6-14(21)7-9-15/h2-10,12H,11H2,1H3,(H,24,27). The number of nitrogens with one attached hydrogen (secondary N) is 1. The fourth-order valence-electron chi connectivity index (χ4n) is 2.93. The first kappa shape index (κ1) is 17.9. The lowest BCUT2D eigenvalue weighted by Gasteiger charge is -2.08. The van der Waals surface area contributed by atoms with E-state index in [-0.39, 0.29) is 18.0 Å². The van der Waals surface area contributed by atoms with Crippen LogP contribution >= 0.6 is 11.6 Å². The van der Waals surface area contributed by atoms with E-state index in [1.807, 2.05) is 31.2 Å². The SMILES string of the molecule is Cc1ccccc1-n1ncc2c(=O)n(CC(=O)Nc3ccc(Cl)cc3)cnc21. The molecule has 0 aliphatic carbocycles. The number of carbonyl (C=O) groups excluding carboxylic acids is 1. The number of nitrogens with zero attached hydrogens (tertiary/aromatic N) is 4. The Hall–Kier alpha value is -3.45. The van der Waals surface area contributed by atoms with Gasteiger partial charge in [-0.1, -0.05) is 29.8 Å². The van der Waals surface area contributed by atoms with Crippen molar-refractivity contribution in [3.63, 3.8) is 0 Å². The molecule has 0 fully saturated rings. The van der Waals surface area contributed by atoms with E-state index in [2.05, 4.69) is 15.4 Å². The van der Waals surface area contributed by atoms with Gasteiger partial charge < -0.3 is 5.32 Å². The summed E-state index contributed by atoms with van der Waals surface area (Å²) in [5.41, 5.74) is 2.59. The highest BCUT2D eigenvalue weighted by Gasteiger charge is 2.14. The van der Waals surface area contributed by atoms with Crippen molar-refractivity contribution in [2.45, 2.75) is 13.5 Å². The summed E-state index contributed by atoms with van der Waals surface area (Å²) in [7, 11) is 0. The van der Waals surface area contributed by atoms with Crippen molar-refractivity contribution >= 4 is 34.2 Å². The molecule has 4 aromatic rings. The van der Waals surface area contributed by atoms with Crippen LogP contribution in [-0.2, 0) is 11.3 Å². The number of para-hydroxylation sites is 1. The lowest BCUT2D eigenvalue weighted by atomic mass is 10.2. The summed E-state index contributed by atoms with van der Waals surface area (Å²) >= 11 is 5.84. The van der Waals surface area contributed by atoms with Crippen LogP contribution in [0.5, 0.6) is 0 Å². The lowest BCUT2D eigenvalue weighted by molar-refractivity contribution is -0.116. The first-order chi connectivity index (χ1) is 13.5. The van der Waals surface area contributed by atoms with E-state index in [1.165, 1.54) is 17.1 Å². The van der Waals surface area contributed by atoms with Gasteiger partial charge in [0.15, 0.2) is 5.65 Å². The fourth-order valence-corrected chi connectivity index (χ4v) is 3.05. The van der Waals surface area contributed by atoms with Gasteiger partial charge in [-0.05, 0) is 42.8 Å². The molecule has 28 heavy (non-hydrogen) atoms. The Bertz CT molecular complexity index is 1230. The molecular weight excluding hydrogens is 378 g/mol. The third-order valence-electron chi connectivity index (χ3n) is 4.34. The van der Waals surface area contributed by atoms with Crippen LogP contribution in [0.2, 0.25) is 5.02 Å². The van der Waals surface area contributed by atoms with Gasteiger partial charge in [0, 0.05) is 10.7 Å². The third kappa shape index (κ3) is 3.39. The monoisotopic (exact) mass is 393 g/mol. The second-order valence-electron chi connectivity index (χ2n) is 6.31. The zero-order valence-corrected chi connectivity index (χ0v) is 15.7. The number of benzene rings is 2. The Morgan fingerprint density at radius 3 is 2.64 bits per heavy atom. The number of hydrogen-bond donors (Lipinski definition) is 1. The highest BCUT2D eigenvalue weighted by Crippen LogP contribution is 2.17. The third-order valence-corrected chi connectivity index (χ3v) is 4.59. The van der Waals surface area contributed by atoms with Crippen LogP contribution in [0, 0.1) is 6.92 Å². The minimum atomic E-state index is -0.336. The topological polar surface area (TPSA) is 81.8 Å². The molecule has 1 amide bonds. The first-order valence-electron chi connectivity index (χ1n) is 8.57. The molecule has 0 atom stereocenters. The number of carbonyl (C=O) groups is 1. The Balaban J connectivity index is 1.62. The van der Waals surface area contributed by atoms with Gasteiger partial charge in [0.1, 0.15) is 18.3 Å². The van der Waals surface area contributed by atoms with Crippen molar-refractivity contribution in [3.8, 4) is 5.69 Å². The van der Waals surface area contributed by atoms with E-state index in [0.29, 0.717) is 21.7 Å². The van der Waals surface area contributed by atoms with Crippen LogP contribution in [0.25, 0.3) is 16.7 Å². The second-order valence-corrected chi connectivity index (χ2v) is 6.75. The molecule has 0 radical (unpaired) electrons. The minimum Gasteiger partial charge on any atom is -0.325 e. The van der Waals surface area contributed by atoms with E-state index in [4.69, 9.17) is 11.6 Å². The van der Waals surface area contributed by atoms with Gasteiger partial charge in [0.05, 0.1) is 11.9 Å². The number of aryl methyl sites for hydroxylation is 1. The molecule has 4 rings (SSSR count). The molecule has 0 spiro atoms. The molecule has 0 unspecified atom stereocenters. The molecule has 1 N–H and O–H groups in total. The number of halogens is 1. The van der Waals surface area contributed by atoms with Crippen molar-refractivity contribution in [1.29, 1.82) is 0 Å². The molecule has 2 aromatic carbocycles. The molecular formula is C20H16ClN5O2. The molecule has 0 aliphatic rings. The Morgan fingerprint density at radius 2 is 1.89 bits per heavy atom. The number of amides is 1. The Labute approximate surface area is 165 Å². The summed E-state index contributed by atoms with van der Waals surface area (Å²) < 4.78 is 2.89. The zero-order valence-electron chi connectivity index (χ0n) is 15.0. The second kappa shape index (κ2) is 7.28. The molecule has 2 aromatic heterocycles. The summed E-state index contributed by atoms with van der Waals surface area (Å²) in [4.78, 5) is 29.4. The van der Waals surface area contributed by atoms with Crippen molar-refractivity contribution in [2.75, 3.05) is 5.32 Å².